The van der Waals surface area contributed by atoms with E-state index in [1.54, 1.807) is 12.3 Å². The summed E-state index contributed by atoms with van der Waals surface area (Å²) in [4.78, 5) is 14.7. The molecule has 0 unspecified atom stereocenters. The topological polar surface area (TPSA) is 47.8 Å². The van der Waals surface area contributed by atoms with Gasteiger partial charge in [-0.05, 0) is 6.07 Å². The smallest absolute Gasteiger partial charge is 0.153 e. The van der Waals surface area contributed by atoms with Crippen LogP contribution in [0.1, 0.15) is 10.4 Å². The Hall–Kier alpha value is -1.39. The average molecular weight is 242 g/mol. The Bertz CT molecular complexity index is 510. The summed E-state index contributed by atoms with van der Waals surface area (Å²) in [6, 6.07) is 1.61. The summed E-state index contributed by atoms with van der Waals surface area (Å²) in [6.45, 7) is 0. The molecule has 0 aliphatic heterocycles. The van der Waals surface area contributed by atoms with Gasteiger partial charge in [-0.3, -0.25) is 9.78 Å². The van der Waals surface area contributed by atoms with Crippen molar-refractivity contribution in [2.75, 3.05) is 0 Å². The number of halogens is 2. The Morgan fingerprint density at radius 2 is 2.13 bits per heavy atom. The highest BCUT2D eigenvalue weighted by Crippen LogP contribution is 2.20. The van der Waals surface area contributed by atoms with Crippen molar-refractivity contribution in [1.29, 1.82) is 0 Å². The third-order valence-corrected chi connectivity index (χ3v) is 2.34. The molecule has 2 heterocycles. The minimum absolute atomic E-state index is 0.286. The molecule has 0 fully saturated rings. The van der Waals surface area contributed by atoms with Crippen LogP contribution in [-0.2, 0) is 0 Å². The summed E-state index contributed by atoms with van der Waals surface area (Å²) in [7, 11) is 0. The molecule has 0 saturated carbocycles. The Labute approximate surface area is 95.4 Å². The maximum Gasteiger partial charge on any atom is 0.153 e. The van der Waals surface area contributed by atoms with Crippen LogP contribution >= 0.6 is 23.2 Å². The van der Waals surface area contributed by atoms with Crippen LogP contribution in [0.15, 0.2) is 24.7 Å². The van der Waals surface area contributed by atoms with E-state index in [1.807, 2.05) is 0 Å². The van der Waals surface area contributed by atoms with Crippen molar-refractivity contribution in [3.63, 3.8) is 0 Å². The Balaban J connectivity index is 2.62. The lowest BCUT2D eigenvalue weighted by molar-refractivity contribution is 0.112. The molecular formula is C9H5Cl2N3O. The van der Waals surface area contributed by atoms with E-state index in [4.69, 9.17) is 23.2 Å². The first-order valence-corrected chi connectivity index (χ1v) is 4.78. The Kier molecular flexibility index (Phi) is 2.70. The second-order valence-corrected chi connectivity index (χ2v) is 3.55. The summed E-state index contributed by atoms with van der Waals surface area (Å²) < 4.78 is 1.45. The van der Waals surface area contributed by atoms with Crippen molar-refractivity contribution in [3.8, 4) is 5.69 Å². The summed E-state index contributed by atoms with van der Waals surface area (Å²) in [5.74, 6) is 0. The fourth-order valence-corrected chi connectivity index (χ4v) is 1.51. The molecule has 2 aromatic heterocycles. The second-order valence-electron chi connectivity index (χ2n) is 2.76. The summed E-state index contributed by atoms with van der Waals surface area (Å²) in [5.41, 5.74) is 0.843. The predicted molar refractivity (Wildman–Crippen MR) is 56.8 cm³/mol. The van der Waals surface area contributed by atoms with Crippen LogP contribution in [0.3, 0.4) is 0 Å². The standard InChI is InChI=1S/C9H5Cl2N3O/c10-7-3-12-4-8(6(7)5-15)14-2-1-9(11)13-14/h1-5H. The molecule has 0 N–H and O–H groups in total. The first-order valence-electron chi connectivity index (χ1n) is 4.02. The molecule has 6 heteroatoms. The van der Waals surface area contributed by atoms with Crippen LogP contribution in [0, 0.1) is 0 Å². The quantitative estimate of drug-likeness (QED) is 0.759. The van der Waals surface area contributed by atoms with E-state index in [0.29, 0.717) is 22.7 Å². The molecule has 0 amide bonds. The van der Waals surface area contributed by atoms with Gasteiger partial charge in [0.25, 0.3) is 0 Å². The zero-order chi connectivity index (χ0) is 10.8. The first kappa shape index (κ1) is 10.1. The van der Waals surface area contributed by atoms with E-state index in [-0.39, 0.29) is 5.02 Å². The van der Waals surface area contributed by atoms with E-state index in [9.17, 15) is 4.79 Å². The minimum Gasteiger partial charge on any atom is -0.298 e. The third-order valence-electron chi connectivity index (χ3n) is 1.84. The molecule has 76 valence electrons. The van der Waals surface area contributed by atoms with E-state index >= 15 is 0 Å². The molecule has 0 aliphatic rings. The van der Waals surface area contributed by atoms with E-state index < -0.39 is 0 Å². The van der Waals surface area contributed by atoms with Gasteiger partial charge in [-0.1, -0.05) is 23.2 Å². The minimum atomic E-state index is 0.286. The molecule has 0 atom stereocenters. The van der Waals surface area contributed by atoms with E-state index in [2.05, 4.69) is 10.1 Å². The van der Waals surface area contributed by atoms with Gasteiger partial charge in [0.1, 0.15) is 0 Å². The largest absolute Gasteiger partial charge is 0.298 e. The number of hydrogen-bond acceptors (Lipinski definition) is 3. The average Bonchev–Trinajstić information content (AvgIpc) is 2.64. The number of nitrogens with zero attached hydrogens (tertiary/aromatic N) is 3. The lowest BCUT2D eigenvalue weighted by atomic mass is 10.2. The molecule has 0 saturated heterocycles. The second kappa shape index (κ2) is 4.00. The van der Waals surface area contributed by atoms with Gasteiger partial charge in [-0.25, -0.2) is 4.68 Å². The van der Waals surface area contributed by atoms with Crippen molar-refractivity contribution in [1.82, 2.24) is 14.8 Å². The van der Waals surface area contributed by atoms with Crippen LogP contribution in [-0.4, -0.2) is 21.1 Å². The number of pyridine rings is 1. The summed E-state index contributed by atoms with van der Waals surface area (Å²) in [5, 5.41) is 4.58. The van der Waals surface area contributed by atoms with Crippen LogP contribution in [0.5, 0.6) is 0 Å². The van der Waals surface area contributed by atoms with Crippen LogP contribution in [0.2, 0.25) is 10.2 Å². The van der Waals surface area contributed by atoms with Crippen LogP contribution in [0.4, 0.5) is 0 Å². The third kappa shape index (κ3) is 1.86. The lowest BCUT2D eigenvalue weighted by Crippen LogP contribution is -2.01. The number of aldehydes is 1. The molecule has 15 heavy (non-hydrogen) atoms. The molecule has 2 aromatic rings. The lowest BCUT2D eigenvalue weighted by Gasteiger charge is -2.04. The monoisotopic (exact) mass is 241 g/mol. The van der Waals surface area contributed by atoms with Gasteiger partial charge >= 0.3 is 0 Å². The highest BCUT2D eigenvalue weighted by atomic mass is 35.5. The zero-order valence-electron chi connectivity index (χ0n) is 7.39. The summed E-state index contributed by atoms with van der Waals surface area (Å²) >= 11 is 11.5. The zero-order valence-corrected chi connectivity index (χ0v) is 8.90. The highest BCUT2D eigenvalue weighted by molar-refractivity contribution is 6.33. The van der Waals surface area contributed by atoms with Crippen molar-refractivity contribution >= 4 is 29.5 Å². The molecule has 0 spiro atoms. The summed E-state index contributed by atoms with van der Waals surface area (Å²) in [6.07, 6.45) is 5.19. The Morgan fingerprint density at radius 3 is 2.73 bits per heavy atom. The van der Waals surface area contributed by atoms with Gasteiger partial charge in [-0.2, -0.15) is 5.10 Å². The van der Waals surface area contributed by atoms with Gasteiger partial charge in [0.2, 0.25) is 0 Å². The van der Waals surface area contributed by atoms with Crippen molar-refractivity contribution < 1.29 is 4.79 Å². The fourth-order valence-electron chi connectivity index (χ4n) is 1.17. The maximum atomic E-state index is 10.8. The number of hydrogen-bond donors (Lipinski definition) is 0. The molecule has 0 radical (unpaired) electrons. The first-order chi connectivity index (χ1) is 7.22. The highest BCUT2D eigenvalue weighted by Gasteiger charge is 2.09. The molecule has 2 rings (SSSR count). The van der Waals surface area contributed by atoms with E-state index in [0.717, 1.165) is 0 Å². The fraction of sp³-hybridized carbons (Fsp3) is 0. The normalized spacial score (nSPS) is 10.3. The Morgan fingerprint density at radius 1 is 1.33 bits per heavy atom. The molecule has 0 aliphatic carbocycles. The van der Waals surface area contributed by atoms with Crippen molar-refractivity contribution in [2.24, 2.45) is 0 Å². The van der Waals surface area contributed by atoms with Crippen LogP contribution in [0.25, 0.3) is 5.69 Å². The molecule has 0 bridgehead atoms. The van der Waals surface area contributed by atoms with Crippen molar-refractivity contribution in [3.05, 3.63) is 40.4 Å². The number of carbonyl (C=O) groups excluding carboxylic acids is 1. The molecule has 0 aromatic carbocycles. The SMILES string of the molecule is O=Cc1c(Cl)cncc1-n1ccc(Cl)n1. The number of aromatic nitrogens is 3. The van der Waals surface area contributed by atoms with Gasteiger partial charge in [0.15, 0.2) is 11.4 Å². The van der Waals surface area contributed by atoms with Gasteiger partial charge in [-0.15, -0.1) is 0 Å². The van der Waals surface area contributed by atoms with Gasteiger partial charge in [0.05, 0.1) is 22.5 Å². The van der Waals surface area contributed by atoms with Gasteiger partial charge < -0.3 is 0 Å². The number of carbonyl (C=O) groups is 1. The van der Waals surface area contributed by atoms with Gasteiger partial charge in [0, 0.05) is 12.4 Å². The molecule has 4 nitrogen and oxygen atoms in total. The predicted octanol–water partition coefficient (Wildman–Crippen LogP) is 2.39. The maximum absolute atomic E-state index is 10.8. The van der Waals surface area contributed by atoms with E-state index in [1.165, 1.54) is 17.1 Å². The van der Waals surface area contributed by atoms with Crippen molar-refractivity contribution in [2.45, 2.75) is 0 Å². The van der Waals surface area contributed by atoms with Crippen LogP contribution < -0.4 is 0 Å². The number of rotatable bonds is 2. The molecular weight excluding hydrogens is 237 g/mol.